The summed E-state index contributed by atoms with van der Waals surface area (Å²) < 4.78 is 22.4. The Kier molecular flexibility index (Phi) is 4.06. The van der Waals surface area contributed by atoms with Crippen molar-refractivity contribution in [1.29, 1.82) is 0 Å². The molecule has 0 amide bonds. The standard InChI is InChI=1S/C20H22O8/c1-5-9(2)17(23)27-15-14-12(26-18(24)20(14)8-25-20)6-10(3)11-7-13(21)19(4,28-11)16(15)22/h5-7,12,14-16,22H,8H2,1-4H3/b9-5+,10-6-/t12-,14+,15+,16-,19-,20-/m1/s1. The number of hydrogen-bond acceptors (Lipinski definition) is 8. The number of esters is 2. The molecule has 0 aromatic carbocycles. The highest BCUT2D eigenvalue weighted by atomic mass is 16.7. The number of aliphatic hydroxyl groups excluding tert-OH is 1. The van der Waals surface area contributed by atoms with Crippen molar-refractivity contribution in [3.63, 3.8) is 0 Å². The van der Waals surface area contributed by atoms with Gasteiger partial charge in [0.1, 0.15) is 24.1 Å². The van der Waals surface area contributed by atoms with Crippen molar-refractivity contribution in [1.82, 2.24) is 0 Å². The minimum atomic E-state index is -1.66. The van der Waals surface area contributed by atoms with Gasteiger partial charge in [-0.1, -0.05) is 6.08 Å². The number of ether oxygens (including phenoxy) is 4. The Labute approximate surface area is 161 Å². The zero-order chi connectivity index (χ0) is 20.4. The van der Waals surface area contributed by atoms with Crippen LogP contribution in [-0.4, -0.2) is 58.9 Å². The van der Waals surface area contributed by atoms with E-state index in [1.807, 2.05) is 0 Å². The fourth-order valence-electron chi connectivity index (χ4n) is 3.96. The van der Waals surface area contributed by atoms with E-state index in [0.29, 0.717) is 11.1 Å². The van der Waals surface area contributed by atoms with Crippen molar-refractivity contribution in [2.45, 2.75) is 57.2 Å². The SMILES string of the molecule is C/C=C(\C)C(=O)O[C@H]1[C@@H]2[C@@H](/C=C(/C)C3=CC(=O)[C@@](C)(O3)[C@@H]1O)OC(=O)[C@@]21CO1. The van der Waals surface area contributed by atoms with Crippen molar-refractivity contribution in [2.24, 2.45) is 5.92 Å². The van der Waals surface area contributed by atoms with E-state index in [0.717, 1.165) is 0 Å². The molecule has 4 rings (SSSR count). The molecule has 4 aliphatic heterocycles. The van der Waals surface area contributed by atoms with Gasteiger partial charge >= 0.3 is 11.9 Å². The van der Waals surface area contributed by atoms with Crippen LogP contribution in [0.5, 0.6) is 0 Å². The van der Waals surface area contributed by atoms with Crippen LogP contribution in [0.25, 0.3) is 0 Å². The van der Waals surface area contributed by atoms with Crippen LogP contribution in [-0.2, 0) is 33.3 Å². The second-order valence-corrected chi connectivity index (χ2v) is 7.79. The van der Waals surface area contributed by atoms with Crippen molar-refractivity contribution in [3.05, 3.63) is 35.1 Å². The van der Waals surface area contributed by atoms with Gasteiger partial charge in [0.05, 0.1) is 12.5 Å². The molecule has 8 heteroatoms. The summed E-state index contributed by atoms with van der Waals surface area (Å²) in [5, 5.41) is 11.2. The van der Waals surface area contributed by atoms with Gasteiger partial charge in [-0.2, -0.15) is 0 Å². The Bertz CT molecular complexity index is 861. The normalized spacial score (nSPS) is 43.7. The van der Waals surface area contributed by atoms with Gasteiger partial charge in [0, 0.05) is 11.6 Å². The lowest BCUT2D eigenvalue weighted by atomic mass is 9.77. The Morgan fingerprint density at radius 1 is 1.39 bits per heavy atom. The summed E-state index contributed by atoms with van der Waals surface area (Å²) in [5.74, 6) is -2.20. The molecule has 8 nitrogen and oxygen atoms in total. The number of rotatable bonds is 2. The van der Waals surface area contributed by atoms with Gasteiger partial charge in [0.15, 0.2) is 11.2 Å². The van der Waals surface area contributed by atoms with Crippen molar-refractivity contribution >= 4 is 17.7 Å². The molecular weight excluding hydrogens is 368 g/mol. The number of ketones is 1. The molecule has 2 saturated heterocycles. The number of epoxide rings is 1. The summed E-state index contributed by atoms with van der Waals surface area (Å²) in [7, 11) is 0. The number of fused-ring (bicyclic) bond motifs is 4. The van der Waals surface area contributed by atoms with Gasteiger partial charge < -0.3 is 24.1 Å². The predicted octanol–water partition coefficient (Wildman–Crippen LogP) is 0.738. The fourth-order valence-corrected chi connectivity index (χ4v) is 3.96. The largest absolute Gasteiger partial charge is 0.476 e. The molecule has 1 spiro atoms. The first-order valence-electron chi connectivity index (χ1n) is 9.15. The quantitative estimate of drug-likeness (QED) is 0.417. The average molecular weight is 390 g/mol. The molecule has 6 atom stereocenters. The second-order valence-electron chi connectivity index (χ2n) is 7.79. The molecule has 4 heterocycles. The van der Waals surface area contributed by atoms with Crippen LogP contribution in [0.2, 0.25) is 0 Å². The monoisotopic (exact) mass is 390 g/mol. The second kappa shape index (κ2) is 6.02. The van der Waals surface area contributed by atoms with Gasteiger partial charge in [-0.05, 0) is 39.3 Å². The predicted molar refractivity (Wildman–Crippen MR) is 93.7 cm³/mol. The van der Waals surface area contributed by atoms with Crippen molar-refractivity contribution in [2.75, 3.05) is 6.61 Å². The topological polar surface area (TPSA) is 112 Å². The Balaban J connectivity index is 1.84. The molecule has 4 aliphatic rings. The molecule has 150 valence electrons. The highest BCUT2D eigenvalue weighted by molar-refractivity contribution is 6.00. The molecule has 0 radical (unpaired) electrons. The van der Waals surface area contributed by atoms with E-state index < -0.39 is 53.2 Å². The maximum atomic E-state index is 12.6. The molecule has 0 aromatic rings. The van der Waals surface area contributed by atoms with Crippen LogP contribution < -0.4 is 0 Å². The first-order chi connectivity index (χ1) is 13.1. The summed E-state index contributed by atoms with van der Waals surface area (Å²) >= 11 is 0. The molecular formula is C20H22O8. The van der Waals surface area contributed by atoms with E-state index >= 15 is 0 Å². The molecule has 2 bridgehead atoms. The van der Waals surface area contributed by atoms with Crippen LogP contribution in [0.1, 0.15) is 27.7 Å². The third-order valence-corrected chi connectivity index (χ3v) is 6.04. The van der Waals surface area contributed by atoms with E-state index in [4.69, 9.17) is 18.9 Å². The molecule has 0 aliphatic carbocycles. The van der Waals surface area contributed by atoms with Crippen molar-refractivity contribution < 1.29 is 38.4 Å². The lowest BCUT2D eigenvalue weighted by Crippen LogP contribution is -2.57. The summed E-state index contributed by atoms with van der Waals surface area (Å²) in [6.07, 6.45) is 0.923. The lowest BCUT2D eigenvalue weighted by Gasteiger charge is -2.37. The molecule has 28 heavy (non-hydrogen) atoms. The summed E-state index contributed by atoms with van der Waals surface area (Å²) in [6, 6.07) is 0. The highest BCUT2D eigenvalue weighted by Gasteiger charge is 2.72. The Hall–Kier alpha value is -2.45. The molecule has 0 saturated carbocycles. The minimum absolute atomic E-state index is 0.0947. The average Bonchev–Trinajstić information content (AvgIpc) is 3.32. The van der Waals surface area contributed by atoms with Gasteiger partial charge in [-0.15, -0.1) is 0 Å². The molecule has 1 N–H and O–H groups in total. The number of allylic oxidation sites excluding steroid dienone is 2. The van der Waals surface area contributed by atoms with Crippen LogP contribution >= 0.6 is 0 Å². The van der Waals surface area contributed by atoms with Gasteiger partial charge in [-0.3, -0.25) is 4.79 Å². The van der Waals surface area contributed by atoms with Crippen LogP contribution in [0.15, 0.2) is 35.1 Å². The van der Waals surface area contributed by atoms with E-state index in [1.165, 1.54) is 13.0 Å². The lowest BCUT2D eigenvalue weighted by molar-refractivity contribution is -0.179. The zero-order valence-electron chi connectivity index (χ0n) is 16.1. The van der Waals surface area contributed by atoms with Crippen LogP contribution in [0.3, 0.4) is 0 Å². The van der Waals surface area contributed by atoms with E-state index in [1.54, 1.807) is 32.9 Å². The number of carbonyl (C=O) groups is 3. The summed E-state index contributed by atoms with van der Waals surface area (Å²) in [4.78, 5) is 37.6. The Morgan fingerprint density at radius 3 is 2.68 bits per heavy atom. The first kappa shape index (κ1) is 18.9. The van der Waals surface area contributed by atoms with Crippen LogP contribution in [0, 0.1) is 5.92 Å². The van der Waals surface area contributed by atoms with Gasteiger partial charge in [0.2, 0.25) is 5.78 Å². The number of hydrogen-bond donors (Lipinski definition) is 1. The molecule has 0 unspecified atom stereocenters. The van der Waals surface area contributed by atoms with E-state index in [2.05, 4.69) is 0 Å². The number of aliphatic hydroxyl groups is 1. The first-order valence-corrected chi connectivity index (χ1v) is 9.15. The molecule has 0 aromatic heterocycles. The van der Waals surface area contributed by atoms with E-state index in [-0.39, 0.29) is 12.4 Å². The minimum Gasteiger partial charge on any atom is -0.476 e. The summed E-state index contributed by atoms with van der Waals surface area (Å²) in [6.45, 7) is 6.51. The van der Waals surface area contributed by atoms with Gasteiger partial charge in [0.25, 0.3) is 0 Å². The van der Waals surface area contributed by atoms with E-state index in [9.17, 15) is 19.5 Å². The zero-order valence-corrected chi connectivity index (χ0v) is 16.1. The van der Waals surface area contributed by atoms with Crippen molar-refractivity contribution in [3.8, 4) is 0 Å². The Morgan fingerprint density at radius 2 is 2.07 bits per heavy atom. The maximum Gasteiger partial charge on any atom is 0.342 e. The smallest absolute Gasteiger partial charge is 0.342 e. The highest BCUT2D eigenvalue weighted by Crippen LogP contribution is 2.51. The van der Waals surface area contributed by atoms with Crippen LogP contribution in [0.4, 0.5) is 0 Å². The summed E-state index contributed by atoms with van der Waals surface area (Å²) in [5.41, 5.74) is -2.04. The maximum absolute atomic E-state index is 12.6. The fraction of sp³-hybridized carbons (Fsp3) is 0.550. The molecule has 2 fully saturated rings. The third kappa shape index (κ3) is 2.48. The third-order valence-electron chi connectivity index (χ3n) is 6.04. The number of carbonyl (C=O) groups excluding carboxylic acids is 3. The van der Waals surface area contributed by atoms with Gasteiger partial charge in [-0.25, -0.2) is 9.59 Å².